The lowest BCUT2D eigenvalue weighted by Gasteiger charge is -2.18. The number of carbonyl (C=O) groups excluding carboxylic acids is 1. The number of carbonyl (C=O) groups is 1. The van der Waals surface area contributed by atoms with Gasteiger partial charge in [0.1, 0.15) is 0 Å². The van der Waals surface area contributed by atoms with E-state index >= 15 is 0 Å². The minimum atomic E-state index is -0.00840. The summed E-state index contributed by atoms with van der Waals surface area (Å²) in [6.07, 6.45) is 70.5. The highest BCUT2D eigenvalue weighted by Crippen LogP contribution is 2.27. The molecule has 0 bridgehead atoms. The van der Waals surface area contributed by atoms with Crippen LogP contribution in [0.4, 0.5) is 0 Å². The van der Waals surface area contributed by atoms with E-state index in [0.29, 0.717) is 13.0 Å². The maximum absolute atomic E-state index is 12.1. The van der Waals surface area contributed by atoms with Crippen LogP contribution in [0.15, 0.2) is 0 Å². The minimum absolute atomic E-state index is 0.00840. The molecule has 0 radical (unpaired) electrons. The average molecular weight is 889 g/mol. The van der Waals surface area contributed by atoms with E-state index < -0.39 is 0 Å². The van der Waals surface area contributed by atoms with Crippen molar-refractivity contribution in [2.45, 2.75) is 342 Å². The van der Waals surface area contributed by atoms with E-state index in [-0.39, 0.29) is 5.97 Å². The van der Waals surface area contributed by atoms with Gasteiger partial charge in [-0.05, 0) is 45.3 Å². The van der Waals surface area contributed by atoms with Crippen molar-refractivity contribution in [3.8, 4) is 0 Å². The summed E-state index contributed by atoms with van der Waals surface area (Å²) in [7, 11) is 4.13. The Hall–Kier alpha value is -0.570. The van der Waals surface area contributed by atoms with Crippen LogP contribution in [-0.2, 0) is 9.53 Å². The molecule has 0 aromatic rings. The predicted octanol–water partition coefficient (Wildman–Crippen LogP) is 20.9. The van der Waals surface area contributed by atoms with Crippen LogP contribution < -0.4 is 0 Å². The van der Waals surface area contributed by atoms with Crippen molar-refractivity contribution in [2.75, 3.05) is 27.2 Å². The lowest BCUT2D eigenvalue weighted by molar-refractivity contribution is -0.143. The molecule has 0 aliphatic carbocycles. The van der Waals surface area contributed by atoms with Crippen molar-refractivity contribution in [2.24, 2.45) is 11.8 Å². The lowest BCUT2D eigenvalue weighted by atomic mass is 9.88. The third-order valence-corrected chi connectivity index (χ3v) is 14.6. The zero-order valence-electron chi connectivity index (χ0n) is 44.7. The molecular formula is C60H121NO2. The highest BCUT2D eigenvalue weighted by Gasteiger charge is 2.11. The Bertz CT molecular complexity index is 842. The van der Waals surface area contributed by atoms with Gasteiger partial charge in [0.15, 0.2) is 0 Å². The summed E-state index contributed by atoms with van der Waals surface area (Å²) in [5.41, 5.74) is 0. The molecule has 0 aliphatic rings. The molecule has 2 atom stereocenters. The number of esters is 1. The fourth-order valence-corrected chi connectivity index (χ4v) is 10.2. The summed E-state index contributed by atoms with van der Waals surface area (Å²) < 4.78 is 5.55. The quantitative estimate of drug-likeness (QED) is 0.0450. The van der Waals surface area contributed by atoms with Gasteiger partial charge < -0.3 is 9.64 Å². The first-order chi connectivity index (χ1) is 31.0. The number of nitrogens with zero attached hydrogens (tertiary/aromatic N) is 1. The molecule has 0 amide bonds. The van der Waals surface area contributed by atoms with Crippen LogP contribution in [0.3, 0.4) is 0 Å². The summed E-state index contributed by atoms with van der Waals surface area (Å²) in [5.74, 6) is 1.90. The predicted molar refractivity (Wildman–Crippen MR) is 284 cm³/mol. The first-order valence-corrected chi connectivity index (χ1v) is 29.8. The number of rotatable bonds is 55. The molecular weight excluding hydrogens is 767 g/mol. The van der Waals surface area contributed by atoms with E-state index in [1.807, 2.05) is 0 Å². The molecule has 0 N–H and O–H groups in total. The maximum Gasteiger partial charge on any atom is 0.305 e. The largest absolute Gasteiger partial charge is 0.466 e. The summed E-state index contributed by atoms with van der Waals surface area (Å²) in [4.78, 5) is 14.2. The number of unbranched alkanes of at least 4 members (excludes halogenated alkanes) is 37. The van der Waals surface area contributed by atoms with Crippen molar-refractivity contribution in [1.82, 2.24) is 4.90 Å². The van der Waals surface area contributed by atoms with Crippen molar-refractivity contribution >= 4 is 5.97 Å². The van der Waals surface area contributed by atoms with E-state index in [0.717, 1.165) is 31.2 Å². The van der Waals surface area contributed by atoms with E-state index in [2.05, 4.69) is 39.8 Å². The molecule has 0 fully saturated rings. The van der Waals surface area contributed by atoms with Gasteiger partial charge in [-0.25, -0.2) is 0 Å². The fourth-order valence-electron chi connectivity index (χ4n) is 10.2. The second-order valence-corrected chi connectivity index (χ2v) is 21.4. The van der Waals surface area contributed by atoms with Crippen LogP contribution in [0.25, 0.3) is 0 Å². The van der Waals surface area contributed by atoms with E-state index in [9.17, 15) is 4.79 Å². The Balaban J connectivity index is 4.44. The van der Waals surface area contributed by atoms with Crippen LogP contribution >= 0.6 is 0 Å². The summed E-state index contributed by atoms with van der Waals surface area (Å²) >= 11 is 0. The van der Waals surface area contributed by atoms with Gasteiger partial charge in [-0.2, -0.15) is 0 Å². The Morgan fingerprint density at radius 2 is 0.540 bits per heavy atom. The van der Waals surface area contributed by atoms with Gasteiger partial charge in [0.05, 0.1) is 6.61 Å². The third-order valence-electron chi connectivity index (χ3n) is 14.6. The SMILES string of the molecule is CCCCCCCCCCCCCCCCCCC(CCCCCCCCC(CCCCCCCCCC)CCCCCCCCCCC)CCCCCOC(=O)CCCN(C)C. The van der Waals surface area contributed by atoms with E-state index in [4.69, 9.17) is 4.74 Å². The highest BCUT2D eigenvalue weighted by atomic mass is 16.5. The topological polar surface area (TPSA) is 29.5 Å². The van der Waals surface area contributed by atoms with Crippen molar-refractivity contribution < 1.29 is 9.53 Å². The van der Waals surface area contributed by atoms with Gasteiger partial charge >= 0.3 is 5.97 Å². The molecule has 0 aromatic carbocycles. The summed E-state index contributed by atoms with van der Waals surface area (Å²) in [6.45, 7) is 8.54. The average Bonchev–Trinajstić information content (AvgIpc) is 3.27. The number of hydrogen-bond donors (Lipinski definition) is 0. The third kappa shape index (κ3) is 52.3. The van der Waals surface area contributed by atoms with Gasteiger partial charge in [0.25, 0.3) is 0 Å². The van der Waals surface area contributed by atoms with Gasteiger partial charge in [-0.3, -0.25) is 4.79 Å². The Morgan fingerprint density at radius 1 is 0.317 bits per heavy atom. The smallest absolute Gasteiger partial charge is 0.305 e. The molecule has 63 heavy (non-hydrogen) atoms. The molecule has 0 saturated carbocycles. The minimum Gasteiger partial charge on any atom is -0.466 e. The van der Waals surface area contributed by atoms with Crippen LogP contribution in [0.5, 0.6) is 0 Å². The molecule has 0 spiro atoms. The van der Waals surface area contributed by atoms with Crippen LogP contribution in [0.2, 0.25) is 0 Å². The highest BCUT2D eigenvalue weighted by molar-refractivity contribution is 5.69. The Morgan fingerprint density at radius 3 is 0.778 bits per heavy atom. The Labute approximate surface area is 399 Å². The van der Waals surface area contributed by atoms with Crippen LogP contribution in [0, 0.1) is 11.8 Å². The van der Waals surface area contributed by atoms with Crippen molar-refractivity contribution in [3.05, 3.63) is 0 Å². The van der Waals surface area contributed by atoms with Crippen molar-refractivity contribution in [3.63, 3.8) is 0 Å². The van der Waals surface area contributed by atoms with E-state index in [1.54, 1.807) is 0 Å². The maximum atomic E-state index is 12.1. The lowest BCUT2D eigenvalue weighted by Crippen LogP contribution is -2.15. The molecule has 0 heterocycles. The fraction of sp³-hybridized carbons (Fsp3) is 0.983. The zero-order chi connectivity index (χ0) is 45.8. The normalized spacial score (nSPS) is 12.7. The Kier molecular flexibility index (Phi) is 53.6. The summed E-state index contributed by atoms with van der Waals surface area (Å²) in [5, 5.41) is 0. The molecule has 2 unspecified atom stereocenters. The standard InChI is InChI=1S/C60H121NO2/c1-6-9-12-15-18-21-22-23-24-25-26-27-29-32-37-43-52-59(54-46-40-47-57-63-60(62)55-48-56-61(4)5)53-45-39-34-33-38-44-51-58(49-41-35-30-20-17-14-11-8-3)50-42-36-31-28-19-16-13-10-7-2/h58-59H,6-57H2,1-5H3. The molecule has 0 aromatic heterocycles. The molecule has 0 aliphatic heterocycles. The van der Waals surface area contributed by atoms with Crippen LogP contribution in [0.1, 0.15) is 342 Å². The van der Waals surface area contributed by atoms with Gasteiger partial charge in [0.2, 0.25) is 0 Å². The molecule has 0 rings (SSSR count). The van der Waals surface area contributed by atoms with Gasteiger partial charge in [-0.15, -0.1) is 0 Å². The van der Waals surface area contributed by atoms with Gasteiger partial charge in [0, 0.05) is 6.42 Å². The zero-order valence-corrected chi connectivity index (χ0v) is 44.7. The second-order valence-electron chi connectivity index (χ2n) is 21.4. The first kappa shape index (κ1) is 62.4. The van der Waals surface area contributed by atoms with Gasteiger partial charge in [-0.1, -0.05) is 323 Å². The van der Waals surface area contributed by atoms with Crippen LogP contribution in [-0.4, -0.2) is 38.1 Å². The second kappa shape index (κ2) is 54.0. The summed E-state index contributed by atoms with van der Waals surface area (Å²) in [6, 6.07) is 0. The molecule has 0 saturated heterocycles. The number of ether oxygens (including phenoxy) is 1. The first-order valence-electron chi connectivity index (χ1n) is 29.8. The molecule has 378 valence electrons. The van der Waals surface area contributed by atoms with E-state index in [1.165, 1.54) is 302 Å². The molecule has 3 heteroatoms. The van der Waals surface area contributed by atoms with Crippen molar-refractivity contribution in [1.29, 1.82) is 0 Å². The number of hydrogen-bond acceptors (Lipinski definition) is 3. The monoisotopic (exact) mass is 888 g/mol. The molecule has 3 nitrogen and oxygen atoms in total.